The topological polar surface area (TPSA) is 140 Å². The molecule has 0 radical (unpaired) electrons. The number of fused-ring (bicyclic) bond motifs is 1. The van der Waals surface area contributed by atoms with E-state index in [1.165, 1.54) is 46.0 Å². The molecule has 0 amide bonds. The van der Waals surface area contributed by atoms with Gasteiger partial charge < -0.3 is 5.11 Å². The summed E-state index contributed by atoms with van der Waals surface area (Å²) >= 11 is 2.55. The van der Waals surface area contributed by atoms with Crippen LogP contribution in [0.25, 0.3) is 15.9 Å². The van der Waals surface area contributed by atoms with Crippen LogP contribution in [0.15, 0.2) is 87.2 Å². The second-order valence-electron chi connectivity index (χ2n) is 6.91. The van der Waals surface area contributed by atoms with Gasteiger partial charge in [-0.2, -0.15) is 4.68 Å². The molecule has 0 unspecified atom stereocenters. The van der Waals surface area contributed by atoms with Crippen molar-refractivity contribution in [2.45, 2.75) is 14.4 Å². The SMILES string of the molecule is O=C(O)c1ccc2nc(Sc3nnnn3-c3ccc(S(=O)(=O)Nc4ccccc4)cc3)sc2c1. The summed E-state index contributed by atoms with van der Waals surface area (Å²) < 4.78 is 30.7. The molecule has 0 fully saturated rings. The van der Waals surface area contributed by atoms with Gasteiger partial charge in [-0.1, -0.05) is 18.2 Å². The van der Waals surface area contributed by atoms with Crippen molar-refractivity contribution in [3.63, 3.8) is 0 Å². The molecule has 5 aromatic rings. The highest BCUT2D eigenvalue weighted by molar-refractivity contribution is 8.01. The molecule has 10 nitrogen and oxygen atoms in total. The van der Waals surface area contributed by atoms with Crippen molar-refractivity contribution >= 4 is 55.0 Å². The van der Waals surface area contributed by atoms with Gasteiger partial charge in [-0.3, -0.25) is 4.72 Å². The Morgan fingerprint density at radius 2 is 1.79 bits per heavy atom. The maximum atomic E-state index is 12.7. The summed E-state index contributed by atoms with van der Waals surface area (Å²) in [5.41, 5.74) is 1.91. The third-order valence-electron chi connectivity index (χ3n) is 4.65. The Kier molecular flexibility index (Phi) is 5.73. The van der Waals surface area contributed by atoms with E-state index in [0.29, 0.717) is 26.4 Å². The van der Waals surface area contributed by atoms with Crippen molar-refractivity contribution in [1.82, 2.24) is 25.2 Å². The van der Waals surface area contributed by atoms with Crippen LogP contribution in [0.2, 0.25) is 0 Å². The van der Waals surface area contributed by atoms with Crippen molar-refractivity contribution < 1.29 is 18.3 Å². The number of carboxylic acid groups (broad SMARTS) is 1. The van der Waals surface area contributed by atoms with Crippen LogP contribution in [0.4, 0.5) is 5.69 Å². The highest BCUT2D eigenvalue weighted by Gasteiger charge is 2.17. The van der Waals surface area contributed by atoms with E-state index in [2.05, 4.69) is 25.2 Å². The van der Waals surface area contributed by atoms with Crippen LogP contribution < -0.4 is 4.72 Å². The molecule has 2 aromatic heterocycles. The molecule has 0 saturated heterocycles. The number of hydrogen-bond acceptors (Lipinski definition) is 9. The van der Waals surface area contributed by atoms with E-state index in [-0.39, 0.29) is 10.5 Å². The minimum Gasteiger partial charge on any atom is -0.478 e. The molecule has 170 valence electrons. The Hall–Kier alpha value is -3.81. The number of nitrogens with one attached hydrogen (secondary N) is 1. The van der Waals surface area contributed by atoms with E-state index >= 15 is 0 Å². The number of carbonyl (C=O) groups is 1. The predicted octanol–water partition coefficient (Wildman–Crippen LogP) is 3.92. The molecule has 2 N–H and O–H groups in total. The van der Waals surface area contributed by atoms with E-state index in [1.54, 1.807) is 54.6 Å². The van der Waals surface area contributed by atoms with Crippen LogP contribution in [0.3, 0.4) is 0 Å². The number of rotatable bonds is 7. The molecule has 5 rings (SSSR count). The Morgan fingerprint density at radius 1 is 1.03 bits per heavy atom. The summed E-state index contributed by atoms with van der Waals surface area (Å²) in [5.74, 6) is -1.00. The van der Waals surface area contributed by atoms with E-state index in [1.807, 2.05) is 0 Å². The number of sulfonamides is 1. The number of nitrogens with zero attached hydrogens (tertiary/aromatic N) is 5. The normalized spacial score (nSPS) is 11.5. The molecule has 34 heavy (non-hydrogen) atoms. The van der Waals surface area contributed by atoms with Gasteiger partial charge in [0.1, 0.15) is 0 Å². The Bertz CT molecular complexity index is 1600. The fourth-order valence-electron chi connectivity index (χ4n) is 3.05. The largest absolute Gasteiger partial charge is 0.478 e. The summed E-state index contributed by atoms with van der Waals surface area (Å²) in [6, 6.07) is 19.5. The van der Waals surface area contributed by atoms with Crippen LogP contribution >= 0.6 is 23.1 Å². The summed E-state index contributed by atoms with van der Waals surface area (Å²) in [6.45, 7) is 0. The number of aromatic nitrogens is 5. The zero-order valence-electron chi connectivity index (χ0n) is 17.1. The first-order valence-corrected chi connectivity index (χ1v) is 12.8. The highest BCUT2D eigenvalue weighted by atomic mass is 32.2. The van der Waals surface area contributed by atoms with Gasteiger partial charge in [0, 0.05) is 5.69 Å². The van der Waals surface area contributed by atoms with Crippen LogP contribution in [0.1, 0.15) is 10.4 Å². The Labute approximate surface area is 201 Å². The van der Waals surface area contributed by atoms with Gasteiger partial charge in [-0.25, -0.2) is 18.2 Å². The summed E-state index contributed by atoms with van der Waals surface area (Å²) in [5, 5.41) is 21.4. The first-order chi connectivity index (χ1) is 16.4. The predicted molar refractivity (Wildman–Crippen MR) is 127 cm³/mol. The third-order valence-corrected chi connectivity index (χ3v) is 8.07. The number of benzene rings is 3. The molecule has 0 aliphatic heterocycles. The molecular weight excluding hydrogens is 496 g/mol. The van der Waals surface area contributed by atoms with Crippen LogP contribution in [-0.4, -0.2) is 44.7 Å². The van der Waals surface area contributed by atoms with Gasteiger partial charge >= 0.3 is 5.97 Å². The van der Waals surface area contributed by atoms with Crippen LogP contribution in [0, 0.1) is 0 Å². The van der Waals surface area contributed by atoms with E-state index in [4.69, 9.17) is 0 Å². The molecule has 0 aliphatic carbocycles. The van der Waals surface area contributed by atoms with E-state index < -0.39 is 16.0 Å². The lowest BCUT2D eigenvalue weighted by Crippen LogP contribution is -2.13. The summed E-state index contributed by atoms with van der Waals surface area (Å²) in [4.78, 5) is 15.8. The molecule has 13 heteroatoms. The Morgan fingerprint density at radius 3 is 2.53 bits per heavy atom. The molecule has 0 atom stereocenters. The quantitative estimate of drug-likeness (QED) is 0.333. The molecule has 0 spiro atoms. The first-order valence-electron chi connectivity index (χ1n) is 9.67. The molecule has 0 aliphatic rings. The fourth-order valence-corrected chi connectivity index (χ4v) is 6.11. The molecule has 0 bridgehead atoms. The maximum Gasteiger partial charge on any atom is 0.335 e. The number of tetrazole rings is 1. The first kappa shape index (κ1) is 22.0. The second kappa shape index (κ2) is 8.85. The molecule has 0 saturated carbocycles. The zero-order chi connectivity index (χ0) is 23.7. The van der Waals surface area contributed by atoms with Crippen LogP contribution in [0.5, 0.6) is 0 Å². The third kappa shape index (κ3) is 4.48. The lowest BCUT2D eigenvalue weighted by molar-refractivity contribution is 0.0697. The number of para-hydroxylation sites is 1. The standard InChI is InChI=1S/C21H14N6O4S3/c28-19(29)13-6-11-17-18(12-13)32-21(22-17)33-20-23-25-26-27(20)15-7-9-16(10-8-15)34(30,31)24-14-4-2-1-3-5-14/h1-12,24H,(H,28,29). The number of anilines is 1. The number of aromatic carboxylic acids is 1. The van der Waals surface area contributed by atoms with E-state index in [0.717, 1.165) is 4.70 Å². The number of thiazole rings is 1. The monoisotopic (exact) mass is 510 g/mol. The van der Waals surface area contributed by atoms with Crippen molar-refractivity contribution in [2.24, 2.45) is 0 Å². The average molecular weight is 511 g/mol. The van der Waals surface area contributed by atoms with Crippen LogP contribution in [-0.2, 0) is 10.0 Å². The maximum absolute atomic E-state index is 12.7. The fraction of sp³-hybridized carbons (Fsp3) is 0. The summed E-state index contributed by atoms with van der Waals surface area (Å²) in [7, 11) is -3.75. The zero-order valence-corrected chi connectivity index (χ0v) is 19.5. The van der Waals surface area contributed by atoms with Gasteiger partial charge in [-0.05, 0) is 76.8 Å². The number of hydrogen-bond donors (Lipinski definition) is 2. The van der Waals surface area contributed by atoms with Crippen molar-refractivity contribution in [1.29, 1.82) is 0 Å². The van der Waals surface area contributed by atoms with Gasteiger partial charge in [0.05, 0.1) is 26.4 Å². The second-order valence-corrected chi connectivity index (χ2v) is 10.8. The van der Waals surface area contributed by atoms with Crippen molar-refractivity contribution in [2.75, 3.05) is 4.72 Å². The lowest BCUT2D eigenvalue weighted by Gasteiger charge is -2.09. The lowest BCUT2D eigenvalue weighted by atomic mass is 10.2. The van der Waals surface area contributed by atoms with Gasteiger partial charge in [-0.15, -0.1) is 16.4 Å². The van der Waals surface area contributed by atoms with Gasteiger partial charge in [0.15, 0.2) is 4.34 Å². The van der Waals surface area contributed by atoms with Gasteiger partial charge in [0.25, 0.3) is 10.0 Å². The van der Waals surface area contributed by atoms with Crippen molar-refractivity contribution in [3.8, 4) is 5.69 Å². The minimum atomic E-state index is -3.75. The molecule has 3 aromatic carbocycles. The number of carboxylic acids is 1. The molecular formula is C21H14N6O4S3. The summed E-state index contributed by atoms with van der Waals surface area (Å²) in [6.07, 6.45) is 0. The van der Waals surface area contributed by atoms with E-state index in [9.17, 15) is 18.3 Å². The van der Waals surface area contributed by atoms with Gasteiger partial charge in [0.2, 0.25) is 5.16 Å². The smallest absolute Gasteiger partial charge is 0.335 e. The Balaban J connectivity index is 1.38. The average Bonchev–Trinajstić information content (AvgIpc) is 3.45. The minimum absolute atomic E-state index is 0.0998. The highest BCUT2D eigenvalue weighted by Crippen LogP contribution is 2.34. The molecule has 2 heterocycles. The van der Waals surface area contributed by atoms with Crippen molar-refractivity contribution in [3.05, 3.63) is 78.4 Å².